The molecule has 2 saturated heterocycles. The van der Waals surface area contributed by atoms with Gasteiger partial charge in [0.15, 0.2) is 11.6 Å². The molecule has 7 nitrogen and oxygen atoms in total. The van der Waals surface area contributed by atoms with Gasteiger partial charge in [-0.15, -0.1) is 0 Å². The smallest absolute Gasteiger partial charge is 0.349 e. The van der Waals surface area contributed by atoms with Crippen LogP contribution in [0.5, 0.6) is 0 Å². The van der Waals surface area contributed by atoms with Crippen molar-refractivity contribution in [2.75, 3.05) is 13.2 Å². The minimum absolute atomic E-state index is 0.334. The van der Waals surface area contributed by atoms with E-state index in [2.05, 4.69) is 13.8 Å². The molecule has 0 spiro atoms. The Morgan fingerprint density at radius 3 is 1.00 bits per heavy atom. The van der Waals surface area contributed by atoms with E-state index in [0.717, 1.165) is 38.9 Å². The van der Waals surface area contributed by atoms with Crippen LogP contribution in [0.3, 0.4) is 0 Å². The summed E-state index contributed by atoms with van der Waals surface area (Å²) in [7, 11) is -4.67. The molecular formula is C30H60O7S. The molecule has 0 aromatic rings. The van der Waals surface area contributed by atoms with Crippen LogP contribution in [-0.2, 0) is 24.6 Å². The molecule has 2 rings (SSSR count). The van der Waals surface area contributed by atoms with Gasteiger partial charge in [-0.3, -0.25) is 9.11 Å². The molecule has 2 unspecified atom stereocenters. The molecule has 2 heterocycles. The van der Waals surface area contributed by atoms with E-state index in [9.17, 15) is 0 Å². The van der Waals surface area contributed by atoms with Gasteiger partial charge in [0.2, 0.25) is 0 Å². The van der Waals surface area contributed by atoms with Crippen LogP contribution in [0.25, 0.3) is 0 Å². The highest BCUT2D eigenvalue weighted by Crippen LogP contribution is 2.44. The Hall–Kier alpha value is -0.250. The summed E-state index contributed by atoms with van der Waals surface area (Å²) in [5.41, 5.74) is 0. The molecule has 0 aliphatic carbocycles. The highest BCUT2D eigenvalue weighted by molar-refractivity contribution is 7.79. The second kappa shape index (κ2) is 21.5. The first-order valence-corrected chi connectivity index (χ1v) is 17.3. The van der Waals surface area contributed by atoms with Crippen LogP contribution in [0.1, 0.15) is 168 Å². The molecule has 228 valence electrons. The maximum atomic E-state index is 8.74. The third kappa shape index (κ3) is 18.9. The molecule has 2 N–H and O–H groups in total. The summed E-state index contributed by atoms with van der Waals surface area (Å²) in [6, 6.07) is 0. The van der Waals surface area contributed by atoms with Crippen molar-refractivity contribution in [3.8, 4) is 0 Å². The number of hydrogen-bond acceptors (Lipinski definition) is 5. The molecular weight excluding hydrogens is 504 g/mol. The fourth-order valence-corrected chi connectivity index (χ4v) is 5.42. The second-order valence-corrected chi connectivity index (χ2v) is 12.3. The standard InChI is InChI=1S/C30H58O3.H2O4S/c1-3-5-7-9-11-13-15-17-19-21-23-29(25-27-31-29)33-30(26-28-32-30)24-22-20-18-16-14-12-10-8-6-4-2;1-5(2,3)4/h3-28H2,1-2H3;(H2,1,2,3,4). The Labute approximate surface area is 234 Å². The van der Waals surface area contributed by atoms with Gasteiger partial charge in [0, 0.05) is 25.7 Å². The fourth-order valence-electron chi connectivity index (χ4n) is 5.42. The largest absolute Gasteiger partial charge is 0.394 e. The van der Waals surface area contributed by atoms with Gasteiger partial charge in [-0.25, -0.2) is 0 Å². The third-order valence-electron chi connectivity index (χ3n) is 7.89. The van der Waals surface area contributed by atoms with Crippen LogP contribution in [0.2, 0.25) is 0 Å². The van der Waals surface area contributed by atoms with E-state index in [1.54, 1.807) is 0 Å². The number of ether oxygens (including phenoxy) is 3. The van der Waals surface area contributed by atoms with Gasteiger partial charge in [0.25, 0.3) is 0 Å². The molecule has 2 atom stereocenters. The van der Waals surface area contributed by atoms with Gasteiger partial charge in [-0.05, 0) is 12.8 Å². The number of unbranched alkanes of at least 4 members (excludes halogenated alkanes) is 18. The fraction of sp³-hybridized carbons (Fsp3) is 1.00. The quantitative estimate of drug-likeness (QED) is 0.0889. The molecule has 2 fully saturated rings. The minimum Gasteiger partial charge on any atom is -0.349 e. The average molecular weight is 565 g/mol. The van der Waals surface area contributed by atoms with Crippen molar-refractivity contribution in [2.24, 2.45) is 0 Å². The Balaban J connectivity index is 0.00000132. The van der Waals surface area contributed by atoms with Gasteiger partial charge < -0.3 is 14.2 Å². The van der Waals surface area contributed by atoms with Gasteiger partial charge in [-0.2, -0.15) is 8.42 Å². The normalized spacial score (nSPS) is 22.8. The van der Waals surface area contributed by atoms with Crippen LogP contribution in [0.4, 0.5) is 0 Å². The number of hydrogen-bond donors (Lipinski definition) is 2. The zero-order chi connectivity index (χ0) is 28.0. The lowest BCUT2D eigenvalue weighted by atomic mass is 9.95. The monoisotopic (exact) mass is 564 g/mol. The molecule has 0 radical (unpaired) electrons. The summed E-state index contributed by atoms with van der Waals surface area (Å²) in [6.45, 7) is 6.29. The van der Waals surface area contributed by atoms with Crippen molar-refractivity contribution in [1.82, 2.24) is 0 Å². The maximum absolute atomic E-state index is 8.74. The number of rotatable bonds is 24. The van der Waals surface area contributed by atoms with Crippen molar-refractivity contribution in [3.63, 3.8) is 0 Å². The van der Waals surface area contributed by atoms with Crippen molar-refractivity contribution < 1.29 is 31.7 Å². The van der Waals surface area contributed by atoms with Gasteiger partial charge in [0.05, 0.1) is 13.2 Å². The lowest BCUT2D eigenvalue weighted by Gasteiger charge is -2.51. The molecule has 2 aliphatic rings. The average Bonchev–Trinajstić information content (AvgIpc) is 2.81. The summed E-state index contributed by atoms with van der Waals surface area (Å²) in [4.78, 5) is 0. The molecule has 8 heteroatoms. The van der Waals surface area contributed by atoms with Crippen molar-refractivity contribution in [2.45, 2.75) is 180 Å². The molecule has 2 aliphatic heterocycles. The topological polar surface area (TPSA) is 102 Å². The predicted molar refractivity (Wildman–Crippen MR) is 155 cm³/mol. The maximum Gasteiger partial charge on any atom is 0.394 e. The molecule has 0 aromatic carbocycles. The molecule has 0 saturated carbocycles. The zero-order valence-electron chi connectivity index (χ0n) is 24.7. The minimum atomic E-state index is -4.67. The van der Waals surface area contributed by atoms with E-state index in [0.29, 0.717) is 0 Å². The summed E-state index contributed by atoms with van der Waals surface area (Å²) in [6.07, 6.45) is 31.7. The van der Waals surface area contributed by atoms with E-state index in [1.165, 1.54) is 128 Å². The first-order chi connectivity index (χ1) is 18.2. The van der Waals surface area contributed by atoms with E-state index >= 15 is 0 Å². The lowest BCUT2D eigenvalue weighted by Crippen LogP contribution is -2.57. The zero-order valence-corrected chi connectivity index (χ0v) is 25.5. The highest BCUT2D eigenvalue weighted by atomic mass is 32.3. The lowest BCUT2D eigenvalue weighted by molar-refractivity contribution is -0.432. The Morgan fingerprint density at radius 1 is 0.553 bits per heavy atom. The van der Waals surface area contributed by atoms with Crippen LogP contribution >= 0.6 is 0 Å². The van der Waals surface area contributed by atoms with Gasteiger partial charge >= 0.3 is 10.4 Å². The van der Waals surface area contributed by atoms with E-state index in [-0.39, 0.29) is 11.6 Å². The van der Waals surface area contributed by atoms with Crippen LogP contribution in [0, 0.1) is 0 Å². The summed E-state index contributed by atoms with van der Waals surface area (Å²) >= 11 is 0. The van der Waals surface area contributed by atoms with Crippen LogP contribution in [0.15, 0.2) is 0 Å². The van der Waals surface area contributed by atoms with Crippen molar-refractivity contribution >= 4 is 10.4 Å². The summed E-state index contributed by atoms with van der Waals surface area (Å²) in [5.74, 6) is -0.669. The van der Waals surface area contributed by atoms with Crippen molar-refractivity contribution in [1.29, 1.82) is 0 Å². The summed E-state index contributed by atoms with van der Waals surface area (Å²) < 4.78 is 50.3. The highest BCUT2D eigenvalue weighted by Gasteiger charge is 2.50. The van der Waals surface area contributed by atoms with E-state index in [1.807, 2.05) is 0 Å². The van der Waals surface area contributed by atoms with Crippen LogP contribution in [-0.4, -0.2) is 42.3 Å². The van der Waals surface area contributed by atoms with E-state index in [4.69, 9.17) is 31.7 Å². The third-order valence-corrected chi connectivity index (χ3v) is 7.89. The van der Waals surface area contributed by atoms with Crippen LogP contribution < -0.4 is 0 Å². The first kappa shape index (κ1) is 35.8. The van der Waals surface area contributed by atoms with Crippen molar-refractivity contribution in [3.05, 3.63) is 0 Å². The van der Waals surface area contributed by atoms with Gasteiger partial charge in [-0.1, -0.05) is 129 Å². The molecule has 0 bridgehead atoms. The Kier molecular flexibility index (Phi) is 20.2. The SMILES string of the molecule is CCCCCCCCCCCCC1(OC2(CCCCCCCCCCCC)CCO2)CCO1.O=S(=O)(O)O. The first-order valence-electron chi connectivity index (χ1n) is 15.9. The Bertz CT molecular complexity index is 597. The predicted octanol–water partition coefficient (Wildman–Crippen LogP) is 9.21. The molecule has 0 aromatic heterocycles. The molecule has 0 amide bonds. The van der Waals surface area contributed by atoms with Gasteiger partial charge in [0.1, 0.15) is 0 Å². The Morgan fingerprint density at radius 2 is 0.789 bits per heavy atom. The second-order valence-electron chi connectivity index (χ2n) is 11.4. The summed E-state index contributed by atoms with van der Waals surface area (Å²) in [5, 5.41) is 0. The molecule has 38 heavy (non-hydrogen) atoms. The van der Waals surface area contributed by atoms with E-state index < -0.39 is 10.4 Å².